The summed E-state index contributed by atoms with van der Waals surface area (Å²) in [6.45, 7) is 2.33. The third-order valence-electron chi connectivity index (χ3n) is 4.66. The van der Waals surface area contributed by atoms with E-state index in [1.165, 1.54) is 12.5 Å². The zero-order valence-electron chi connectivity index (χ0n) is 14.4. The van der Waals surface area contributed by atoms with Crippen LogP contribution in [-0.2, 0) is 0 Å². The summed E-state index contributed by atoms with van der Waals surface area (Å²) in [4.78, 5) is 35.7. The Morgan fingerprint density at radius 3 is 2.88 bits per heavy atom. The second kappa shape index (κ2) is 6.62. The van der Waals surface area contributed by atoms with Gasteiger partial charge in [-0.25, -0.2) is 9.97 Å². The van der Waals surface area contributed by atoms with Crippen LogP contribution in [0.25, 0.3) is 5.65 Å². The van der Waals surface area contributed by atoms with E-state index in [2.05, 4.69) is 25.6 Å². The predicted octanol–water partition coefficient (Wildman–Crippen LogP) is 1.30. The van der Waals surface area contributed by atoms with Crippen LogP contribution < -0.4 is 10.6 Å². The van der Waals surface area contributed by atoms with Gasteiger partial charge in [0.15, 0.2) is 0 Å². The van der Waals surface area contributed by atoms with Gasteiger partial charge in [0.05, 0.1) is 12.5 Å². The van der Waals surface area contributed by atoms with Gasteiger partial charge in [0.1, 0.15) is 17.0 Å². The molecule has 3 heterocycles. The molecule has 1 aliphatic carbocycles. The fourth-order valence-electron chi connectivity index (χ4n) is 3.01. The van der Waals surface area contributed by atoms with Gasteiger partial charge in [0.2, 0.25) is 0 Å². The molecular formula is C18H20N6O2. The lowest BCUT2D eigenvalue weighted by molar-refractivity contribution is 0.0899. The molecule has 134 valence electrons. The second-order valence-electron chi connectivity index (χ2n) is 6.61. The molecule has 8 heteroatoms. The van der Waals surface area contributed by atoms with E-state index in [-0.39, 0.29) is 17.9 Å². The SMILES string of the molecule is Cc1cccc2nc(C(=O)NCC(NC(=O)c3cnc[nH]3)C3CC3)cn12. The van der Waals surface area contributed by atoms with Crippen LogP contribution in [0.1, 0.15) is 39.5 Å². The number of carbonyl (C=O) groups excluding carboxylic acids is 2. The average Bonchev–Trinajstić information content (AvgIpc) is 3.15. The van der Waals surface area contributed by atoms with E-state index in [1.807, 2.05) is 29.5 Å². The van der Waals surface area contributed by atoms with Crippen LogP contribution in [0.2, 0.25) is 0 Å². The number of carbonyl (C=O) groups is 2. The first kappa shape index (κ1) is 16.3. The number of imidazole rings is 2. The molecule has 0 aromatic carbocycles. The van der Waals surface area contributed by atoms with Crippen molar-refractivity contribution in [2.45, 2.75) is 25.8 Å². The Balaban J connectivity index is 1.41. The number of hydrogen-bond acceptors (Lipinski definition) is 4. The highest BCUT2D eigenvalue weighted by molar-refractivity contribution is 5.93. The first-order valence-electron chi connectivity index (χ1n) is 8.64. The number of nitrogens with zero attached hydrogens (tertiary/aromatic N) is 3. The Kier molecular flexibility index (Phi) is 4.16. The van der Waals surface area contributed by atoms with Crippen molar-refractivity contribution in [3.63, 3.8) is 0 Å². The molecule has 0 spiro atoms. The van der Waals surface area contributed by atoms with Crippen molar-refractivity contribution in [1.29, 1.82) is 0 Å². The minimum absolute atomic E-state index is 0.103. The van der Waals surface area contributed by atoms with E-state index in [9.17, 15) is 9.59 Å². The molecule has 3 aromatic rings. The van der Waals surface area contributed by atoms with Crippen molar-refractivity contribution in [3.8, 4) is 0 Å². The molecule has 26 heavy (non-hydrogen) atoms. The molecule has 3 aromatic heterocycles. The van der Waals surface area contributed by atoms with Gasteiger partial charge in [-0.2, -0.15) is 0 Å². The summed E-state index contributed by atoms with van der Waals surface area (Å²) in [6.07, 6.45) is 6.79. The zero-order valence-corrected chi connectivity index (χ0v) is 14.4. The molecule has 0 radical (unpaired) electrons. The van der Waals surface area contributed by atoms with Gasteiger partial charge in [-0.15, -0.1) is 0 Å². The molecule has 0 aliphatic heterocycles. The Morgan fingerprint density at radius 1 is 1.35 bits per heavy atom. The number of aromatic nitrogens is 4. The van der Waals surface area contributed by atoms with Crippen LogP contribution in [0.4, 0.5) is 0 Å². The number of aryl methyl sites for hydroxylation is 1. The third-order valence-corrected chi connectivity index (χ3v) is 4.66. The van der Waals surface area contributed by atoms with Crippen molar-refractivity contribution in [3.05, 3.63) is 54.0 Å². The molecule has 4 rings (SSSR count). The van der Waals surface area contributed by atoms with E-state index < -0.39 is 0 Å². The third kappa shape index (κ3) is 3.30. The highest BCUT2D eigenvalue weighted by atomic mass is 16.2. The first-order chi connectivity index (χ1) is 12.6. The van der Waals surface area contributed by atoms with Crippen LogP contribution in [0.3, 0.4) is 0 Å². The molecule has 1 aliphatic rings. The molecule has 1 atom stereocenters. The lowest BCUT2D eigenvalue weighted by Gasteiger charge is -2.18. The Bertz CT molecular complexity index is 942. The van der Waals surface area contributed by atoms with Crippen LogP contribution in [0.5, 0.6) is 0 Å². The summed E-state index contributed by atoms with van der Waals surface area (Å²) in [6, 6.07) is 5.63. The Hall–Kier alpha value is -3.16. The monoisotopic (exact) mass is 352 g/mol. The first-order valence-corrected chi connectivity index (χ1v) is 8.64. The van der Waals surface area contributed by atoms with Crippen LogP contribution in [-0.4, -0.2) is 43.8 Å². The predicted molar refractivity (Wildman–Crippen MR) is 94.8 cm³/mol. The van der Waals surface area contributed by atoms with E-state index >= 15 is 0 Å². The van der Waals surface area contributed by atoms with Crippen LogP contribution in [0, 0.1) is 12.8 Å². The number of hydrogen-bond donors (Lipinski definition) is 3. The van der Waals surface area contributed by atoms with Gasteiger partial charge >= 0.3 is 0 Å². The highest BCUT2D eigenvalue weighted by Gasteiger charge is 2.33. The smallest absolute Gasteiger partial charge is 0.271 e. The number of amides is 2. The molecule has 1 unspecified atom stereocenters. The Morgan fingerprint density at radius 2 is 2.19 bits per heavy atom. The maximum atomic E-state index is 12.5. The number of pyridine rings is 1. The maximum Gasteiger partial charge on any atom is 0.271 e. The number of nitrogens with one attached hydrogen (secondary N) is 3. The summed E-state index contributed by atoms with van der Waals surface area (Å²) >= 11 is 0. The van der Waals surface area contributed by atoms with E-state index in [1.54, 1.807) is 6.20 Å². The summed E-state index contributed by atoms with van der Waals surface area (Å²) in [5.41, 5.74) is 2.53. The maximum absolute atomic E-state index is 12.5. The topological polar surface area (TPSA) is 104 Å². The molecule has 0 bridgehead atoms. The van der Waals surface area contributed by atoms with Gasteiger partial charge in [-0.3, -0.25) is 9.59 Å². The summed E-state index contributed by atoms with van der Waals surface area (Å²) in [7, 11) is 0. The Labute approximate surface area is 150 Å². The molecule has 0 saturated heterocycles. The van der Waals surface area contributed by atoms with Crippen molar-refractivity contribution in [2.75, 3.05) is 6.54 Å². The average molecular weight is 352 g/mol. The van der Waals surface area contributed by atoms with Crippen LogP contribution in [0.15, 0.2) is 36.9 Å². The minimum atomic E-state index is -0.241. The fraction of sp³-hybridized carbons (Fsp3) is 0.333. The molecule has 1 saturated carbocycles. The van der Waals surface area contributed by atoms with Crippen molar-refractivity contribution in [1.82, 2.24) is 30.0 Å². The molecule has 2 amide bonds. The number of H-pyrrole nitrogens is 1. The summed E-state index contributed by atoms with van der Waals surface area (Å²) < 4.78 is 1.88. The quantitative estimate of drug-likeness (QED) is 0.622. The van der Waals surface area contributed by atoms with Crippen molar-refractivity contribution >= 4 is 17.5 Å². The molecule has 3 N–H and O–H groups in total. The van der Waals surface area contributed by atoms with E-state index in [0.717, 1.165) is 24.2 Å². The van der Waals surface area contributed by atoms with Gasteiger partial charge in [0.25, 0.3) is 11.8 Å². The van der Waals surface area contributed by atoms with Gasteiger partial charge in [0, 0.05) is 24.5 Å². The molecule has 1 fully saturated rings. The summed E-state index contributed by atoms with van der Waals surface area (Å²) in [5, 5.41) is 5.87. The van der Waals surface area contributed by atoms with E-state index in [0.29, 0.717) is 23.9 Å². The minimum Gasteiger partial charge on any atom is -0.349 e. The molecular weight excluding hydrogens is 332 g/mol. The van der Waals surface area contributed by atoms with Gasteiger partial charge in [-0.05, 0) is 37.8 Å². The number of rotatable bonds is 6. The normalized spacial score (nSPS) is 15.0. The number of aromatic amines is 1. The standard InChI is InChI=1S/C18H20N6O2/c1-11-3-2-4-16-22-15(9-24(11)16)17(25)20-8-13(12-5-6-12)23-18(26)14-7-19-10-21-14/h2-4,7,9-10,12-13H,5-6,8H2,1H3,(H,19,21)(H,20,25)(H,23,26). The van der Waals surface area contributed by atoms with Crippen molar-refractivity contribution < 1.29 is 9.59 Å². The molecule has 8 nitrogen and oxygen atoms in total. The lowest BCUT2D eigenvalue weighted by Crippen LogP contribution is -2.45. The van der Waals surface area contributed by atoms with Crippen molar-refractivity contribution in [2.24, 2.45) is 5.92 Å². The van der Waals surface area contributed by atoms with Crippen LogP contribution >= 0.6 is 0 Å². The number of fused-ring (bicyclic) bond motifs is 1. The highest BCUT2D eigenvalue weighted by Crippen LogP contribution is 2.32. The van der Waals surface area contributed by atoms with Gasteiger partial charge < -0.3 is 20.0 Å². The largest absolute Gasteiger partial charge is 0.349 e. The lowest BCUT2D eigenvalue weighted by atomic mass is 10.1. The van der Waals surface area contributed by atoms with E-state index in [4.69, 9.17) is 0 Å². The fourth-order valence-corrected chi connectivity index (χ4v) is 3.01. The van der Waals surface area contributed by atoms with Gasteiger partial charge in [-0.1, -0.05) is 6.07 Å². The zero-order chi connectivity index (χ0) is 18.1. The summed E-state index contributed by atoms with van der Waals surface area (Å²) in [5.74, 6) is -0.0583. The second-order valence-corrected chi connectivity index (χ2v) is 6.61.